The molecule has 178 valence electrons. The fourth-order valence-electron chi connectivity index (χ4n) is 3.08. The number of nitrogens with zero attached hydrogens (tertiary/aromatic N) is 6. The molecule has 0 saturated heterocycles. The van der Waals surface area contributed by atoms with Crippen LogP contribution < -0.4 is 18.6 Å². The lowest BCUT2D eigenvalue weighted by molar-refractivity contribution is -0.671. The maximum Gasteiger partial charge on any atom is 0.254 e. The molecule has 0 aliphatic carbocycles. The average Bonchev–Trinajstić information content (AvgIpc) is 3.50. The summed E-state index contributed by atoms with van der Waals surface area (Å²) in [6.07, 6.45) is 7.89. The quantitative estimate of drug-likeness (QED) is 0.202. The van der Waals surface area contributed by atoms with E-state index in [9.17, 15) is 0 Å². The van der Waals surface area contributed by atoms with Crippen molar-refractivity contribution in [3.05, 3.63) is 49.1 Å². The summed E-state index contributed by atoms with van der Waals surface area (Å²) in [7, 11) is 3.92. The molecule has 0 aliphatic heterocycles. The highest BCUT2D eigenvalue weighted by Gasteiger charge is 2.15. The highest BCUT2D eigenvalue weighted by Crippen LogP contribution is 2.27. The van der Waals surface area contributed by atoms with Crippen molar-refractivity contribution in [1.82, 2.24) is 17.5 Å². The molecule has 0 fully saturated rings. The Labute approximate surface area is 206 Å². The summed E-state index contributed by atoms with van der Waals surface area (Å²) in [6, 6.07) is 7.88. The molecular weight excluding hydrogens is 476 g/mol. The molecule has 0 radical (unpaired) electrons. The van der Waals surface area contributed by atoms with Crippen LogP contribution >= 0.6 is 23.5 Å². The fraction of sp³-hybridized carbons (Fsp3) is 0.364. The Kier molecular flexibility index (Phi) is 8.79. The Bertz CT molecular complexity index is 1090. The van der Waals surface area contributed by atoms with Crippen molar-refractivity contribution in [3.63, 3.8) is 0 Å². The Balaban J connectivity index is 1.08. The maximum absolute atomic E-state index is 5.74. The van der Waals surface area contributed by atoms with E-state index < -0.39 is 0 Å². The summed E-state index contributed by atoms with van der Waals surface area (Å²) in [4.78, 5) is 0. The van der Waals surface area contributed by atoms with E-state index in [1.807, 2.05) is 72.3 Å². The monoisotopic (exact) mass is 502 g/mol. The lowest BCUT2D eigenvalue weighted by Crippen LogP contribution is -2.26. The van der Waals surface area contributed by atoms with Crippen molar-refractivity contribution in [1.29, 1.82) is 0 Å². The molecule has 4 aromatic rings. The van der Waals surface area contributed by atoms with Crippen molar-refractivity contribution >= 4 is 23.5 Å². The molecule has 4 aromatic heterocycles. The lowest BCUT2D eigenvalue weighted by atomic mass is 10.2. The minimum absolute atomic E-state index is 0.386. The van der Waals surface area contributed by atoms with Crippen molar-refractivity contribution < 1.29 is 28.1 Å². The summed E-state index contributed by atoms with van der Waals surface area (Å²) in [5.41, 5.74) is 3.40. The molecule has 0 atom stereocenters. The molecule has 10 nitrogen and oxygen atoms in total. The van der Waals surface area contributed by atoms with Gasteiger partial charge in [0.1, 0.15) is 27.3 Å². The van der Waals surface area contributed by atoms with Crippen molar-refractivity contribution in [3.8, 4) is 34.3 Å². The van der Waals surface area contributed by atoms with Gasteiger partial charge in [0.05, 0.1) is 61.0 Å². The molecule has 0 aromatic carbocycles. The van der Waals surface area contributed by atoms with E-state index in [-0.39, 0.29) is 0 Å². The minimum atomic E-state index is 0.386. The van der Waals surface area contributed by atoms with Crippen molar-refractivity contribution in [2.75, 3.05) is 39.6 Å². The Morgan fingerprint density at radius 1 is 0.647 bits per heavy atom. The average molecular weight is 503 g/mol. The SMILES string of the molecule is C[n+]1cccc(-c2nsnc2OCCOCCOCCOc2nsnc2-c2ccc[n+](C)c2)c1. The third kappa shape index (κ3) is 6.73. The van der Waals surface area contributed by atoms with Crippen LogP contribution in [0.5, 0.6) is 11.8 Å². The van der Waals surface area contributed by atoms with E-state index in [1.165, 1.54) is 0 Å². The summed E-state index contributed by atoms with van der Waals surface area (Å²) >= 11 is 2.26. The van der Waals surface area contributed by atoms with Crippen LogP contribution in [0.3, 0.4) is 0 Å². The second-order valence-electron chi connectivity index (χ2n) is 7.27. The first-order valence-corrected chi connectivity index (χ1v) is 12.1. The van der Waals surface area contributed by atoms with Crippen molar-refractivity contribution in [2.24, 2.45) is 14.1 Å². The Morgan fingerprint density at radius 2 is 1.09 bits per heavy atom. The van der Waals surface area contributed by atoms with Gasteiger partial charge in [0.2, 0.25) is 0 Å². The van der Waals surface area contributed by atoms with Gasteiger partial charge in [-0.25, -0.2) is 9.13 Å². The van der Waals surface area contributed by atoms with Crippen LogP contribution in [0.4, 0.5) is 0 Å². The first-order valence-electron chi connectivity index (χ1n) is 10.7. The van der Waals surface area contributed by atoms with Gasteiger partial charge in [-0.2, -0.15) is 8.75 Å². The molecule has 0 aliphatic rings. The number of rotatable bonds is 13. The Morgan fingerprint density at radius 3 is 1.53 bits per heavy atom. The molecule has 0 spiro atoms. The molecule has 12 heteroatoms. The summed E-state index contributed by atoms with van der Waals surface area (Å²) in [5, 5.41) is 0. The summed E-state index contributed by atoms with van der Waals surface area (Å²) < 4.78 is 43.7. The number of ether oxygens (including phenoxy) is 4. The molecule has 0 saturated carbocycles. The van der Waals surface area contributed by atoms with Crippen LogP contribution in [0.1, 0.15) is 0 Å². The standard InChI is InChI=1S/C22H26N6O4S2/c1-27-7-3-5-17(15-27)19-21(25-33-23-19)31-13-11-29-9-10-30-12-14-32-22-20(24-34-26-22)18-6-4-8-28(2)16-18/h3-8,15-16H,9-14H2,1-2H3/q+2. The van der Waals surface area contributed by atoms with Crippen LogP contribution in [-0.4, -0.2) is 57.1 Å². The van der Waals surface area contributed by atoms with Gasteiger partial charge in [-0.05, 0) is 12.1 Å². The van der Waals surface area contributed by atoms with Gasteiger partial charge in [0, 0.05) is 12.1 Å². The molecule has 0 N–H and O–H groups in total. The summed E-state index contributed by atoms with van der Waals surface area (Å²) in [5.74, 6) is 1.04. The lowest BCUT2D eigenvalue weighted by Gasteiger charge is -2.08. The highest BCUT2D eigenvalue weighted by atomic mass is 32.1. The van der Waals surface area contributed by atoms with Gasteiger partial charge in [0.15, 0.2) is 36.2 Å². The van der Waals surface area contributed by atoms with Gasteiger partial charge >= 0.3 is 0 Å². The highest BCUT2D eigenvalue weighted by molar-refractivity contribution is 6.99. The van der Waals surface area contributed by atoms with Crippen molar-refractivity contribution in [2.45, 2.75) is 0 Å². The van der Waals surface area contributed by atoms with E-state index in [4.69, 9.17) is 18.9 Å². The largest absolute Gasteiger partial charge is 0.473 e. The molecule has 4 rings (SSSR count). The molecule has 4 heterocycles. The van der Waals surface area contributed by atoms with Crippen LogP contribution in [0.15, 0.2) is 49.1 Å². The predicted octanol–water partition coefficient (Wildman–Crippen LogP) is 1.86. The molecule has 0 bridgehead atoms. The first kappa shape index (κ1) is 24.1. The maximum atomic E-state index is 5.74. The zero-order valence-corrected chi connectivity index (χ0v) is 20.6. The molecular formula is C22H26N6O4S2+2. The van der Waals surface area contributed by atoms with Gasteiger partial charge in [-0.3, -0.25) is 0 Å². The second-order valence-corrected chi connectivity index (χ2v) is 8.33. The first-order chi connectivity index (χ1) is 16.7. The topological polar surface area (TPSA) is 96.2 Å². The predicted molar refractivity (Wildman–Crippen MR) is 126 cm³/mol. The van der Waals surface area contributed by atoms with E-state index >= 15 is 0 Å². The molecule has 0 unspecified atom stereocenters. The van der Waals surface area contributed by atoms with Crippen LogP contribution in [0.2, 0.25) is 0 Å². The zero-order valence-electron chi connectivity index (χ0n) is 19.0. The van der Waals surface area contributed by atoms with E-state index in [1.54, 1.807) is 0 Å². The van der Waals surface area contributed by atoms with Crippen LogP contribution in [0, 0.1) is 0 Å². The third-order valence-corrected chi connectivity index (χ3v) is 5.67. The second kappa shape index (κ2) is 12.4. The number of hydrogen-bond donors (Lipinski definition) is 0. The van der Waals surface area contributed by atoms with Crippen LogP contribution in [0.25, 0.3) is 22.5 Å². The zero-order chi connectivity index (χ0) is 23.6. The number of hydrogen-bond acceptors (Lipinski definition) is 10. The molecule has 0 amide bonds. The van der Waals surface area contributed by atoms with E-state index in [0.29, 0.717) is 51.4 Å². The van der Waals surface area contributed by atoms with Gasteiger partial charge in [-0.1, -0.05) is 0 Å². The normalized spacial score (nSPS) is 11.0. The van der Waals surface area contributed by atoms with Gasteiger partial charge < -0.3 is 18.9 Å². The minimum Gasteiger partial charge on any atom is -0.473 e. The number of pyridine rings is 2. The van der Waals surface area contributed by atoms with Crippen LogP contribution in [-0.2, 0) is 23.6 Å². The third-order valence-electron chi connectivity index (χ3n) is 4.65. The number of aryl methyl sites for hydroxylation is 2. The fourth-order valence-corrected chi connectivity index (χ4v) is 4.11. The summed E-state index contributed by atoms with van der Waals surface area (Å²) in [6.45, 7) is 2.56. The van der Waals surface area contributed by atoms with Gasteiger partial charge in [-0.15, -0.1) is 8.75 Å². The Hall–Kier alpha value is -3.06. The number of aromatic nitrogens is 6. The van der Waals surface area contributed by atoms with E-state index in [2.05, 4.69) is 17.5 Å². The molecule has 34 heavy (non-hydrogen) atoms. The van der Waals surface area contributed by atoms with E-state index in [0.717, 1.165) is 46.0 Å². The smallest absolute Gasteiger partial charge is 0.254 e. The van der Waals surface area contributed by atoms with Gasteiger partial charge in [0.25, 0.3) is 11.8 Å².